The van der Waals surface area contributed by atoms with E-state index in [-0.39, 0.29) is 10.8 Å². The molecule has 0 aromatic heterocycles. The molecule has 2 rings (SSSR count). The summed E-state index contributed by atoms with van der Waals surface area (Å²) in [6.07, 6.45) is -1.18. The fraction of sp³-hybridized carbons (Fsp3) is 0.500. The Morgan fingerprint density at radius 2 is 1.29 bits per heavy atom. The molecule has 1 unspecified atom stereocenters. The van der Waals surface area contributed by atoms with Crippen LogP contribution in [0.4, 0.5) is 0 Å². The molecule has 0 heterocycles. The zero-order valence-corrected chi connectivity index (χ0v) is 17.6. The Bertz CT molecular complexity index is 763. The van der Waals surface area contributed by atoms with Crippen LogP contribution in [0, 0.1) is 5.41 Å². The molecule has 4 nitrogen and oxygen atoms in total. The molecule has 0 radical (unpaired) electrons. The van der Waals surface area contributed by atoms with Crippen molar-refractivity contribution in [1.82, 2.24) is 0 Å². The predicted octanol–water partition coefficient (Wildman–Crippen LogP) is 3.31. The maximum Gasteiger partial charge on any atom is 0.0915 e. The smallest absolute Gasteiger partial charge is 0.0915 e. The number of aliphatic hydroxyl groups excluding tert-OH is 4. The third kappa shape index (κ3) is 4.15. The fourth-order valence-corrected chi connectivity index (χ4v) is 3.59. The summed E-state index contributed by atoms with van der Waals surface area (Å²) in [5.41, 5.74) is 1.97. The molecule has 2 aromatic rings. The van der Waals surface area contributed by atoms with E-state index in [0.717, 1.165) is 11.1 Å². The van der Waals surface area contributed by atoms with Gasteiger partial charge in [0.15, 0.2) is 0 Å². The maximum absolute atomic E-state index is 11.0. The fourth-order valence-electron chi connectivity index (χ4n) is 3.59. The van der Waals surface area contributed by atoms with Crippen molar-refractivity contribution in [3.63, 3.8) is 0 Å². The van der Waals surface area contributed by atoms with E-state index >= 15 is 0 Å². The summed E-state index contributed by atoms with van der Waals surface area (Å²) in [5, 5.41) is 40.3. The van der Waals surface area contributed by atoms with Crippen molar-refractivity contribution in [2.24, 2.45) is 5.41 Å². The third-order valence-corrected chi connectivity index (χ3v) is 5.90. The van der Waals surface area contributed by atoms with Gasteiger partial charge in [-0.25, -0.2) is 0 Å². The second kappa shape index (κ2) is 8.34. The van der Waals surface area contributed by atoms with E-state index in [1.54, 1.807) is 0 Å². The minimum absolute atomic E-state index is 0.229. The molecule has 0 fully saturated rings. The molecule has 28 heavy (non-hydrogen) atoms. The Labute approximate surface area is 168 Å². The van der Waals surface area contributed by atoms with Crippen LogP contribution in [-0.2, 0) is 10.8 Å². The second-order valence-corrected chi connectivity index (χ2v) is 9.28. The van der Waals surface area contributed by atoms with Crippen molar-refractivity contribution in [3.8, 4) is 0 Å². The van der Waals surface area contributed by atoms with Gasteiger partial charge in [0.05, 0.1) is 31.3 Å². The zero-order chi connectivity index (χ0) is 21.2. The maximum atomic E-state index is 11.0. The first-order valence-electron chi connectivity index (χ1n) is 9.74. The van der Waals surface area contributed by atoms with Crippen molar-refractivity contribution >= 4 is 0 Å². The predicted molar refractivity (Wildman–Crippen MR) is 112 cm³/mol. The van der Waals surface area contributed by atoms with Crippen LogP contribution < -0.4 is 0 Å². The van der Waals surface area contributed by atoms with Gasteiger partial charge in [0.1, 0.15) is 0 Å². The molecule has 4 heteroatoms. The van der Waals surface area contributed by atoms with Crippen LogP contribution in [0.15, 0.2) is 48.5 Å². The molecule has 0 saturated heterocycles. The summed E-state index contributed by atoms with van der Waals surface area (Å²) in [7, 11) is 0. The van der Waals surface area contributed by atoms with E-state index in [2.05, 4.69) is 52.8 Å². The van der Waals surface area contributed by atoms with Gasteiger partial charge in [-0.15, -0.1) is 0 Å². The summed E-state index contributed by atoms with van der Waals surface area (Å²) >= 11 is 0. The van der Waals surface area contributed by atoms with Crippen molar-refractivity contribution in [2.45, 2.75) is 51.6 Å². The van der Waals surface area contributed by atoms with Crippen LogP contribution in [-0.4, -0.2) is 40.2 Å². The molecule has 154 valence electrons. The van der Waals surface area contributed by atoms with E-state index in [4.69, 9.17) is 0 Å². The van der Waals surface area contributed by atoms with Gasteiger partial charge in [0, 0.05) is 5.41 Å². The highest BCUT2D eigenvalue weighted by Gasteiger charge is 2.40. The number of rotatable bonds is 7. The monoisotopic (exact) mass is 386 g/mol. The van der Waals surface area contributed by atoms with Gasteiger partial charge in [-0.2, -0.15) is 0 Å². The number of hydrogen-bond acceptors (Lipinski definition) is 4. The van der Waals surface area contributed by atoms with Crippen molar-refractivity contribution in [3.05, 3.63) is 70.8 Å². The average Bonchev–Trinajstić information content (AvgIpc) is 2.69. The van der Waals surface area contributed by atoms with Crippen LogP contribution in [0.1, 0.15) is 63.0 Å². The van der Waals surface area contributed by atoms with E-state index in [1.165, 1.54) is 5.56 Å². The lowest BCUT2D eigenvalue weighted by Crippen LogP contribution is -2.41. The molecule has 0 spiro atoms. The largest absolute Gasteiger partial charge is 0.395 e. The van der Waals surface area contributed by atoms with Gasteiger partial charge in [-0.1, -0.05) is 83.1 Å². The summed E-state index contributed by atoms with van der Waals surface area (Å²) in [5.74, 6) is 0. The summed E-state index contributed by atoms with van der Waals surface area (Å²) in [4.78, 5) is 0. The Morgan fingerprint density at radius 3 is 1.75 bits per heavy atom. The molecule has 0 amide bonds. The Kier molecular flexibility index (Phi) is 6.72. The standard InChI is InChI=1S/C24H34O4/c1-22(2,3)20-13-18(23(4,5)17-9-7-6-8-10-17)11-12-19(20)21(28)24(14-25,15-26)16-27/h6-13,21,25-28H,14-16H2,1-5H3. The van der Waals surface area contributed by atoms with Crippen molar-refractivity contribution in [1.29, 1.82) is 0 Å². The van der Waals surface area contributed by atoms with Gasteiger partial charge < -0.3 is 20.4 Å². The van der Waals surface area contributed by atoms with E-state index < -0.39 is 31.3 Å². The van der Waals surface area contributed by atoms with Crippen LogP contribution in [0.3, 0.4) is 0 Å². The van der Waals surface area contributed by atoms with Crippen molar-refractivity contribution in [2.75, 3.05) is 19.8 Å². The molecular weight excluding hydrogens is 352 g/mol. The van der Waals surface area contributed by atoms with E-state index in [1.807, 2.05) is 30.3 Å². The third-order valence-electron chi connectivity index (χ3n) is 5.90. The highest BCUT2D eigenvalue weighted by atomic mass is 16.3. The lowest BCUT2D eigenvalue weighted by Gasteiger charge is -2.37. The summed E-state index contributed by atoms with van der Waals surface area (Å²) < 4.78 is 0. The van der Waals surface area contributed by atoms with E-state index in [0.29, 0.717) is 5.56 Å². The Hall–Kier alpha value is -1.72. The summed E-state index contributed by atoms with van der Waals surface area (Å²) in [6.45, 7) is 8.99. The molecule has 0 saturated carbocycles. The molecule has 0 aliphatic heterocycles. The average molecular weight is 387 g/mol. The molecule has 1 atom stereocenters. The van der Waals surface area contributed by atoms with Crippen LogP contribution >= 0.6 is 0 Å². The normalized spacial score (nSPS) is 14.2. The topological polar surface area (TPSA) is 80.9 Å². The number of benzene rings is 2. The Balaban J connectivity index is 2.63. The Morgan fingerprint density at radius 1 is 0.750 bits per heavy atom. The van der Waals surface area contributed by atoms with Crippen molar-refractivity contribution < 1.29 is 20.4 Å². The first-order chi connectivity index (χ1) is 13.0. The highest BCUT2D eigenvalue weighted by molar-refractivity contribution is 5.45. The first kappa shape index (κ1) is 22.6. The minimum Gasteiger partial charge on any atom is -0.395 e. The molecule has 0 aliphatic rings. The first-order valence-corrected chi connectivity index (χ1v) is 9.74. The number of hydrogen-bond donors (Lipinski definition) is 4. The van der Waals surface area contributed by atoms with Gasteiger partial charge in [0.25, 0.3) is 0 Å². The SMILES string of the molecule is CC(C)(C)c1cc(C(C)(C)c2ccccc2)ccc1C(O)C(CO)(CO)CO. The highest BCUT2D eigenvalue weighted by Crippen LogP contribution is 2.41. The molecule has 4 N–H and O–H groups in total. The molecular formula is C24H34O4. The molecule has 0 aliphatic carbocycles. The molecule has 2 aromatic carbocycles. The quantitative estimate of drug-likeness (QED) is 0.589. The van der Waals surface area contributed by atoms with Gasteiger partial charge in [-0.05, 0) is 27.7 Å². The zero-order valence-electron chi connectivity index (χ0n) is 17.6. The van der Waals surface area contributed by atoms with E-state index in [9.17, 15) is 20.4 Å². The lowest BCUT2D eigenvalue weighted by atomic mass is 9.71. The minimum atomic E-state index is -1.39. The second-order valence-electron chi connectivity index (χ2n) is 9.28. The number of aliphatic hydroxyl groups is 4. The van der Waals surface area contributed by atoms with Crippen LogP contribution in [0.5, 0.6) is 0 Å². The summed E-state index contributed by atoms with van der Waals surface area (Å²) in [6, 6.07) is 16.2. The van der Waals surface area contributed by atoms with Crippen LogP contribution in [0.2, 0.25) is 0 Å². The molecule has 0 bridgehead atoms. The van der Waals surface area contributed by atoms with Gasteiger partial charge >= 0.3 is 0 Å². The van der Waals surface area contributed by atoms with Crippen LogP contribution in [0.25, 0.3) is 0 Å². The van der Waals surface area contributed by atoms with Gasteiger partial charge in [-0.3, -0.25) is 0 Å². The van der Waals surface area contributed by atoms with Gasteiger partial charge in [0.2, 0.25) is 0 Å². The lowest BCUT2D eigenvalue weighted by molar-refractivity contribution is -0.0857.